The molecule has 0 spiro atoms. The van der Waals surface area contributed by atoms with Crippen LogP contribution in [0.25, 0.3) is 0 Å². The van der Waals surface area contributed by atoms with Crippen LogP contribution in [0.1, 0.15) is 389 Å². The highest BCUT2D eigenvalue weighted by Crippen LogP contribution is 2.45. The number of hydrogen-bond acceptors (Lipinski definition) is 15. The second kappa shape index (κ2) is 66.6. The molecule has 564 valence electrons. The van der Waals surface area contributed by atoms with E-state index in [-0.39, 0.29) is 25.7 Å². The third-order valence-electron chi connectivity index (χ3n) is 18.7. The summed E-state index contributed by atoms with van der Waals surface area (Å²) >= 11 is 0. The van der Waals surface area contributed by atoms with Gasteiger partial charge in [0.25, 0.3) is 0 Å². The normalized spacial score (nSPS) is 14.9. The zero-order valence-electron chi connectivity index (χ0n) is 62.1. The van der Waals surface area contributed by atoms with Crippen LogP contribution in [0, 0.1) is 17.8 Å². The summed E-state index contributed by atoms with van der Waals surface area (Å²) in [5.74, 6) is 0.275. The lowest BCUT2D eigenvalue weighted by Crippen LogP contribution is -2.30. The van der Waals surface area contributed by atoms with E-state index in [9.17, 15) is 43.2 Å². The zero-order chi connectivity index (χ0) is 70.1. The summed E-state index contributed by atoms with van der Waals surface area (Å²) in [5, 5.41) is 10.6. The van der Waals surface area contributed by atoms with Crippen molar-refractivity contribution in [2.45, 2.75) is 407 Å². The minimum Gasteiger partial charge on any atom is -0.462 e. The van der Waals surface area contributed by atoms with Gasteiger partial charge in [-0.3, -0.25) is 37.3 Å². The fraction of sp³-hybridized carbons (Fsp3) is 0.947. The first-order chi connectivity index (χ1) is 45.8. The highest BCUT2D eigenvalue weighted by Gasteiger charge is 2.30. The largest absolute Gasteiger partial charge is 0.472 e. The lowest BCUT2D eigenvalue weighted by molar-refractivity contribution is -0.161. The second-order valence-corrected chi connectivity index (χ2v) is 31.0. The molecule has 8 atom stereocenters. The lowest BCUT2D eigenvalue weighted by atomic mass is 9.99. The van der Waals surface area contributed by atoms with E-state index in [0.717, 1.165) is 108 Å². The van der Waals surface area contributed by atoms with E-state index in [1.807, 2.05) is 0 Å². The van der Waals surface area contributed by atoms with E-state index < -0.39 is 97.5 Å². The highest BCUT2D eigenvalue weighted by molar-refractivity contribution is 7.47. The third-order valence-corrected chi connectivity index (χ3v) is 20.6. The maximum absolute atomic E-state index is 13.1. The van der Waals surface area contributed by atoms with Crippen LogP contribution in [0.2, 0.25) is 0 Å². The molecule has 5 unspecified atom stereocenters. The molecule has 17 nitrogen and oxygen atoms in total. The van der Waals surface area contributed by atoms with E-state index in [1.54, 1.807) is 0 Å². The topological polar surface area (TPSA) is 237 Å². The van der Waals surface area contributed by atoms with Gasteiger partial charge in [-0.2, -0.15) is 0 Å². The van der Waals surface area contributed by atoms with Crippen LogP contribution in [0.4, 0.5) is 0 Å². The van der Waals surface area contributed by atoms with Gasteiger partial charge in [-0.05, 0) is 43.4 Å². The van der Waals surface area contributed by atoms with Crippen molar-refractivity contribution in [2.24, 2.45) is 17.8 Å². The Labute approximate surface area is 581 Å². The van der Waals surface area contributed by atoms with Crippen LogP contribution >= 0.6 is 15.6 Å². The molecule has 0 radical (unpaired) electrons. The average Bonchev–Trinajstić information content (AvgIpc) is 2.23. The number of carbonyl (C=O) groups is 4. The number of carbonyl (C=O) groups excluding carboxylic acids is 4. The highest BCUT2D eigenvalue weighted by atomic mass is 31.2. The van der Waals surface area contributed by atoms with Gasteiger partial charge < -0.3 is 33.8 Å². The van der Waals surface area contributed by atoms with Crippen LogP contribution < -0.4 is 0 Å². The zero-order valence-corrected chi connectivity index (χ0v) is 63.9. The standard InChI is InChI=1S/C76H148O17P2/c1-8-12-13-14-15-16-17-20-24-27-36-43-50-57-73(78)86-63-71(92-75(80)59-52-45-38-28-25-22-19-18-21-23-26-33-40-47-54-67(5)9-2)65-90-94(82,83)88-61-70(77)62-89-95(84,85)91-66-72(93-76(81)60-53-46-39-32-30-35-42-49-56-69(7)11-4)64-87-74(79)58-51-44-37-31-29-34-41-48-55-68(6)10-3/h67-72,77H,8-66H2,1-7H3,(H,82,83)(H,84,85)/t67?,68?,69?,70-,71-,72-/m1/s1. The van der Waals surface area contributed by atoms with Crippen molar-refractivity contribution in [3.63, 3.8) is 0 Å². The Kier molecular flexibility index (Phi) is 65.2. The molecule has 0 rings (SSSR count). The van der Waals surface area contributed by atoms with Crippen LogP contribution in [-0.4, -0.2) is 96.7 Å². The molecule has 0 aromatic heterocycles. The third kappa shape index (κ3) is 66.4. The maximum atomic E-state index is 13.1. The quantitative estimate of drug-likeness (QED) is 0.0222. The molecule has 0 amide bonds. The molecule has 0 aromatic rings. The van der Waals surface area contributed by atoms with Gasteiger partial charge in [-0.15, -0.1) is 0 Å². The number of unbranched alkanes of at least 4 members (excludes halogenated alkanes) is 39. The molecule has 0 aromatic carbocycles. The van der Waals surface area contributed by atoms with Crippen LogP contribution in [0.3, 0.4) is 0 Å². The monoisotopic (exact) mass is 1400 g/mol. The Morgan fingerprint density at radius 2 is 0.505 bits per heavy atom. The molecule has 0 saturated carbocycles. The van der Waals surface area contributed by atoms with Gasteiger partial charge in [0.15, 0.2) is 12.2 Å². The lowest BCUT2D eigenvalue weighted by Gasteiger charge is -2.21. The van der Waals surface area contributed by atoms with E-state index in [4.69, 9.17) is 37.0 Å². The van der Waals surface area contributed by atoms with Gasteiger partial charge in [-0.25, -0.2) is 9.13 Å². The molecule has 0 saturated heterocycles. The molecule has 0 heterocycles. The minimum absolute atomic E-state index is 0.104. The van der Waals surface area contributed by atoms with E-state index >= 15 is 0 Å². The molecule has 19 heteroatoms. The van der Waals surface area contributed by atoms with Crippen LogP contribution in [-0.2, 0) is 65.4 Å². The fourth-order valence-electron chi connectivity index (χ4n) is 11.5. The number of phosphoric ester groups is 2. The smallest absolute Gasteiger partial charge is 0.462 e. The summed E-state index contributed by atoms with van der Waals surface area (Å²) in [6.07, 6.45) is 52.5. The maximum Gasteiger partial charge on any atom is 0.472 e. The summed E-state index contributed by atoms with van der Waals surface area (Å²) in [4.78, 5) is 72.8. The minimum atomic E-state index is -4.96. The Morgan fingerprint density at radius 1 is 0.295 bits per heavy atom. The molecule has 0 bridgehead atoms. The van der Waals surface area contributed by atoms with E-state index in [2.05, 4.69) is 48.5 Å². The van der Waals surface area contributed by atoms with Crippen molar-refractivity contribution in [2.75, 3.05) is 39.6 Å². The molecular weight excluding hydrogens is 1250 g/mol. The molecule has 0 fully saturated rings. The van der Waals surface area contributed by atoms with Gasteiger partial charge in [-0.1, -0.05) is 337 Å². The van der Waals surface area contributed by atoms with Gasteiger partial charge >= 0.3 is 39.5 Å². The summed E-state index contributed by atoms with van der Waals surface area (Å²) in [6.45, 7) is 12.0. The number of aliphatic hydroxyl groups excluding tert-OH is 1. The van der Waals surface area contributed by atoms with Crippen LogP contribution in [0.5, 0.6) is 0 Å². The first-order valence-electron chi connectivity index (χ1n) is 39.5. The fourth-order valence-corrected chi connectivity index (χ4v) is 13.1. The Hall–Kier alpha value is -1.94. The molecule has 95 heavy (non-hydrogen) atoms. The molecule has 0 aliphatic rings. The first kappa shape index (κ1) is 93.1. The number of phosphoric acid groups is 2. The predicted octanol–water partition coefficient (Wildman–Crippen LogP) is 22.2. The SMILES string of the molecule is CCCCCCCCCCCCCCCC(=O)OC[C@H](COP(=O)(O)OC[C@@H](O)COP(=O)(O)OC[C@@H](COC(=O)CCCCCCCCCCC(C)CC)OC(=O)CCCCCCCCCCC(C)CC)OC(=O)CCCCCCCCCCCCCCCCC(C)CC. The number of esters is 4. The Bertz CT molecular complexity index is 1860. The number of ether oxygens (including phenoxy) is 4. The predicted molar refractivity (Wildman–Crippen MR) is 386 cm³/mol. The molecule has 0 aliphatic heterocycles. The average molecular weight is 1400 g/mol. The number of rotatable bonds is 74. The number of aliphatic hydroxyl groups is 1. The van der Waals surface area contributed by atoms with Gasteiger partial charge in [0.05, 0.1) is 26.4 Å². The molecule has 0 aliphatic carbocycles. The van der Waals surface area contributed by atoms with Gasteiger partial charge in [0, 0.05) is 25.7 Å². The second-order valence-electron chi connectivity index (χ2n) is 28.1. The van der Waals surface area contributed by atoms with E-state index in [1.165, 1.54) is 199 Å². The van der Waals surface area contributed by atoms with Crippen molar-refractivity contribution in [1.82, 2.24) is 0 Å². The number of hydrogen-bond donors (Lipinski definition) is 3. The summed E-state index contributed by atoms with van der Waals surface area (Å²) in [6, 6.07) is 0. The van der Waals surface area contributed by atoms with Crippen molar-refractivity contribution in [3.05, 3.63) is 0 Å². The van der Waals surface area contributed by atoms with E-state index in [0.29, 0.717) is 25.7 Å². The van der Waals surface area contributed by atoms with Crippen molar-refractivity contribution < 1.29 is 80.2 Å². The van der Waals surface area contributed by atoms with Crippen molar-refractivity contribution in [3.8, 4) is 0 Å². The summed E-state index contributed by atoms with van der Waals surface area (Å²) in [7, 11) is -9.91. The van der Waals surface area contributed by atoms with Gasteiger partial charge in [0.2, 0.25) is 0 Å². The first-order valence-corrected chi connectivity index (χ1v) is 42.5. The van der Waals surface area contributed by atoms with Crippen LogP contribution in [0.15, 0.2) is 0 Å². The van der Waals surface area contributed by atoms with Gasteiger partial charge in [0.1, 0.15) is 19.3 Å². The van der Waals surface area contributed by atoms with Crippen molar-refractivity contribution >= 4 is 39.5 Å². The summed E-state index contributed by atoms with van der Waals surface area (Å²) in [5.41, 5.74) is 0. The Balaban J connectivity index is 5.26. The summed E-state index contributed by atoms with van der Waals surface area (Å²) < 4.78 is 68.6. The molecule has 3 N–H and O–H groups in total. The van der Waals surface area contributed by atoms with Crippen molar-refractivity contribution in [1.29, 1.82) is 0 Å². The molecular formula is C76H148O17P2. The Morgan fingerprint density at radius 3 is 0.747 bits per heavy atom.